The Labute approximate surface area is 78.0 Å². The number of amides is 1. The first kappa shape index (κ1) is 11.5. The quantitative estimate of drug-likeness (QED) is 0.691. The molecule has 0 spiro atoms. The Kier molecular flexibility index (Phi) is 4.93. The van der Waals surface area contributed by atoms with Crippen molar-refractivity contribution in [1.82, 2.24) is 5.32 Å². The lowest BCUT2D eigenvalue weighted by molar-refractivity contribution is -0.123. The van der Waals surface area contributed by atoms with Gasteiger partial charge in [-0.3, -0.25) is 4.79 Å². The lowest BCUT2D eigenvalue weighted by Crippen LogP contribution is -2.44. The zero-order valence-corrected chi connectivity index (χ0v) is 8.19. The number of halogens is 1. The number of carbonyl (C=O) groups excluding carboxylic acids is 1. The Morgan fingerprint density at radius 1 is 1.67 bits per heavy atom. The van der Waals surface area contributed by atoms with E-state index in [0.29, 0.717) is 5.03 Å². The van der Waals surface area contributed by atoms with Crippen LogP contribution in [0.25, 0.3) is 0 Å². The smallest absolute Gasteiger partial charge is 0.237 e. The lowest BCUT2D eigenvalue weighted by atomic mass is 10.1. The van der Waals surface area contributed by atoms with Crippen molar-refractivity contribution >= 4 is 17.5 Å². The van der Waals surface area contributed by atoms with E-state index in [9.17, 15) is 4.79 Å². The van der Waals surface area contributed by atoms with Crippen molar-refractivity contribution in [3.63, 3.8) is 0 Å². The van der Waals surface area contributed by atoms with E-state index < -0.39 is 6.04 Å². The molecule has 1 unspecified atom stereocenters. The highest BCUT2D eigenvalue weighted by molar-refractivity contribution is 6.29. The number of hydrogen-bond acceptors (Lipinski definition) is 2. The van der Waals surface area contributed by atoms with Gasteiger partial charge in [-0.25, -0.2) is 0 Å². The largest absolute Gasteiger partial charge is 0.350 e. The van der Waals surface area contributed by atoms with Crippen LogP contribution in [0, 0.1) is 5.92 Å². The van der Waals surface area contributed by atoms with Crippen LogP contribution in [-0.4, -0.2) is 18.5 Å². The first-order chi connectivity index (χ1) is 5.45. The average Bonchev–Trinajstić information content (AvgIpc) is 1.98. The Hall–Kier alpha value is -0.540. The van der Waals surface area contributed by atoms with Gasteiger partial charge in [-0.2, -0.15) is 0 Å². The maximum Gasteiger partial charge on any atom is 0.237 e. The second-order valence-electron chi connectivity index (χ2n) is 3.00. The van der Waals surface area contributed by atoms with Crippen LogP contribution in [0.15, 0.2) is 11.6 Å². The molecule has 0 aliphatic carbocycles. The Morgan fingerprint density at radius 2 is 2.17 bits per heavy atom. The second kappa shape index (κ2) is 5.17. The predicted octanol–water partition coefficient (Wildman–Crippen LogP) is 0.838. The van der Waals surface area contributed by atoms with E-state index in [-0.39, 0.29) is 18.4 Å². The molecule has 0 saturated heterocycles. The molecule has 0 bridgehead atoms. The first-order valence-electron chi connectivity index (χ1n) is 3.81. The number of nitrogens with two attached hydrogens (primary N) is 1. The normalized spacial score (nSPS) is 12.8. The fraction of sp³-hybridized carbons (Fsp3) is 0.625. The molecule has 12 heavy (non-hydrogen) atoms. The lowest BCUT2D eigenvalue weighted by Gasteiger charge is -2.14. The van der Waals surface area contributed by atoms with Crippen LogP contribution in [0.1, 0.15) is 13.8 Å². The third kappa shape index (κ3) is 4.36. The minimum atomic E-state index is -0.471. The molecule has 0 aromatic heterocycles. The van der Waals surface area contributed by atoms with Crippen LogP contribution in [0.3, 0.4) is 0 Å². The third-order valence-corrected chi connectivity index (χ3v) is 1.61. The number of carbonyl (C=O) groups is 1. The Balaban J connectivity index is 3.80. The first-order valence-corrected chi connectivity index (χ1v) is 4.19. The third-order valence-electron chi connectivity index (χ3n) is 1.48. The molecule has 0 aliphatic heterocycles. The number of hydrogen-bond donors (Lipinski definition) is 2. The highest BCUT2D eigenvalue weighted by atomic mass is 35.5. The molecular weight excluding hydrogens is 176 g/mol. The fourth-order valence-electron chi connectivity index (χ4n) is 0.604. The van der Waals surface area contributed by atoms with Crippen molar-refractivity contribution in [2.75, 3.05) is 6.54 Å². The summed E-state index contributed by atoms with van der Waals surface area (Å²) in [7, 11) is 0. The molecule has 70 valence electrons. The van der Waals surface area contributed by atoms with E-state index in [1.807, 2.05) is 13.8 Å². The van der Waals surface area contributed by atoms with E-state index in [1.165, 1.54) is 0 Å². The number of nitrogens with one attached hydrogen (secondary N) is 1. The molecule has 0 aliphatic rings. The Bertz CT molecular complexity index is 180. The molecular formula is C8H15ClN2O. The maximum atomic E-state index is 11.2. The van der Waals surface area contributed by atoms with Crippen molar-refractivity contribution in [3.05, 3.63) is 11.6 Å². The molecule has 0 rings (SSSR count). The van der Waals surface area contributed by atoms with E-state index in [4.69, 9.17) is 17.3 Å². The summed E-state index contributed by atoms with van der Waals surface area (Å²) in [6.45, 7) is 7.50. The van der Waals surface area contributed by atoms with Crippen molar-refractivity contribution in [1.29, 1.82) is 0 Å². The molecule has 0 fully saturated rings. The molecule has 0 radical (unpaired) electrons. The zero-order valence-electron chi connectivity index (χ0n) is 7.43. The molecule has 1 atom stereocenters. The van der Waals surface area contributed by atoms with Gasteiger partial charge in [0.05, 0.1) is 12.6 Å². The van der Waals surface area contributed by atoms with Crippen LogP contribution in [-0.2, 0) is 4.79 Å². The van der Waals surface area contributed by atoms with Crippen molar-refractivity contribution in [2.45, 2.75) is 19.9 Å². The van der Waals surface area contributed by atoms with Gasteiger partial charge in [-0.1, -0.05) is 32.0 Å². The van der Waals surface area contributed by atoms with E-state index in [2.05, 4.69) is 11.9 Å². The van der Waals surface area contributed by atoms with Gasteiger partial charge >= 0.3 is 0 Å². The molecule has 0 saturated carbocycles. The van der Waals surface area contributed by atoms with Crippen molar-refractivity contribution in [2.24, 2.45) is 11.7 Å². The summed E-state index contributed by atoms with van der Waals surface area (Å²) in [5.41, 5.74) is 5.56. The van der Waals surface area contributed by atoms with Crippen LogP contribution in [0.2, 0.25) is 0 Å². The van der Waals surface area contributed by atoms with Gasteiger partial charge in [-0.05, 0) is 5.92 Å². The van der Waals surface area contributed by atoms with E-state index in [1.54, 1.807) is 0 Å². The summed E-state index contributed by atoms with van der Waals surface area (Å²) in [6.07, 6.45) is 0. The van der Waals surface area contributed by atoms with Crippen LogP contribution >= 0.6 is 11.6 Å². The van der Waals surface area contributed by atoms with Crippen molar-refractivity contribution in [3.8, 4) is 0 Å². The van der Waals surface area contributed by atoms with Crippen LogP contribution in [0.5, 0.6) is 0 Å². The molecule has 0 aromatic rings. The zero-order chi connectivity index (χ0) is 9.72. The highest BCUT2D eigenvalue weighted by Crippen LogP contribution is 1.99. The highest BCUT2D eigenvalue weighted by Gasteiger charge is 2.16. The SMILES string of the molecule is C=C(Cl)CNC(=O)C(N)C(C)C. The molecule has 1 amide bonds. The van der Waals surface area contributed by atoms with Gasteiger partial charge in [0.2, 0.25) is 5.91 Å². The molecule has 4 heteroatoms. The van der Waals surface area contributed by atoms with Gasteiger partial charge in [0.25, 0.3) is 0 Å². The predicted molar refractivity (Wildman–Crippen MR) is 50.8 cm³/mol. The second-order valence-corrected chi connectivity index (χ2v) is 3.54. The monoisotopic (exact) mass is 190 g/mol. The topological polar surface area (TPSA) is 55.1 Å². The molecule has 3 N–H and O–H groups in total. The summed E-state index contributed by atoms with van der Waals surface area (Å²) in [5.74, 6) is -0.0552. The van der Waals surface area contributed by atoms with Crippen LogP contribution < -0.4 is 11.1 Å². The Morgan fingerprint density at radius 3 is 2.50 bits per heavy atom. The summed E-state index contributed by atoms with van der Waals surface area (Å²) in [4.78, 5) is 11.2. The summed E-state index contributed by atoms with van der Waals surface area (Å²) in [6, 6.07) is -0.471. The fourth-order valence-corrected chi connectivity index (χ4v) is 0.670. The van der Waals surface area contributed by atoms with Gasteiger partial charge in [0.15, 0.2) is 0 Å². The summed E-state index contributed by atoms with van der Waals surface area (Å²) in [5, 5.41) is 2.97. The van der Waals surface area contributed by atoms with Gasteiger partial charge in [-0.15, -0.1) is 0 Å². The average molecular weight is 191 g/mol. The van der Waals surface area contributed by atoms with E-state index >= 15 is 0 Å². The number of rotatable bonds is 4. The van der Waals surface area contributed by atoms with Gasteiger partial charge in [0, 0.05) is 5.03 Å². The van der Waals surface area contributed by atoms with Crippen molar-refractivity contribution < 1.29 is 4.79 Å². The standard InChI is InChI=1S/C8H15ClN2O/c1-5(2)7(10)8(12)11-4-6(3)9/h5,7H,3-4,10H2,1-2H3,(H,11,12). The van der Waals surface area contributed by atoms with E-state index in [0.717, 1.165) is 0 Å². The minimum absolute atomic E-state index is 0.133. The van der Waals surface area contributed by atoms with Gasteiger partial charge in [0.1, 0.15) is 0 Å². The summed E-state index contributed by atoms with van der Waals surface area (Å²) >= 11 is 5.46. The molecule has 3 nitrogen and oxygen atoms in total. The van der Waals surface area contributed by atoms with Crippen LogP contribution in [0.4, 0.5) is 0 Å². The maximum absolute atomic E-state index is 11.2. The molecule has 0 heterocycles. The van der Waals surface area contributed by atoms with Gasteiger partial charge < -0.3 is 11.1 Å². The summed E-state index contributed by atoms with van der Waals surface area (Å²) < 4.78 is 0. The minimum Gasteiger partial charge on any atom is -0.350 e. The molecule has 0 aromatic carbocycles.